The van der Waals surface area contributed by atoms with Crippen molar-refractivity contribution in [3.63, 3.8) is 0 Å². The van der Waals surface area contributed by atoms with Crippen molar-refractivity contribution in [1.29, 1.82) is 0 Å². The van der Waals surface area contributed by atoms with Crippen LogP contribution in [0.3, 0.4) is 0 Å². The third kappa shape index (κ3) is 2.96. The first-order chi connectivity index (χ1) is 8.74. The van der Waals surface area contributed by atoms with Gasteiger partial charge in [-0.2, -0.15) is 0 Å². The van der Waals surface area contributed by atoms with Crippen LogP contribution in [0.4, 0.5) is 0 Å². The topological polar surface area (TPSA) is 30.5 Å². The van der Waals surface area contributed by atoms with E-state index in [9.17, 15) is 0 Å². The summed E-state index contributed by atoms with van der Waals surface area (Å²) >= 11 is 0. The van der Waals surface area contributed by atoms with E-state index in [-0.39, 0.29) is 0 Å². The van der Waals surface area contributed by atoms with Gasteiger partial charge in [-0.05, 0) is 62.9 Å². The fraction of sp³-hybridized carbons (Fsp3) is 0.600. The van der Waals surface area contributed by atoms with Crippen LogP contribution in [0.25, 0.3) is 0 Å². The summed E-state index contributed by atoms with van der Waals surface area (Å²) in [7, 11) is 1.74. The van der Waals surface area contributed by atoms with Crippen molar-refractivity contribution < 1.29 is 9.47 Å². The molecule has 1 aromatic carbocycles. The first-order valence-electron chi connectivity index (χ1n) is 6.78. The van der Waals surface area contributed by atoms with Gasteiger partial charge in [0.25, 0.3) is 0 Å². The van der Waals surface area contributed by atoms with Gasteiger partial charge in [-0.3, -0.25) is 0 Å². The van der Waals surface area contributed by atoms with Crippen LogP contribution in [-0.2, 0) is 6.42 Å². The Hall–Kier alpha value is -1.22. The van der Waals surface area contributed by atoms with Gasteiger partial charge in [0.05, 0.1) is 13.7 Å². The predicted molar refractivity (Wildman–Crippen MR) is 73.6 cm³/mol. The Morgan fingerprint density at radius 1 is 1.33 bits per heavy atom. The molecular formula is C15H23NO2. The number of nitrogens with one attached hydrogen (secondary N) is 1. The smallest absolute Gasteiger partial charge is 0.122 e. The Morgan fingerprint density at radius 2 is 2.17 bits per heavy atom. The fourth-order valence-electron chi connectivity index (χ4n) is 2.56. The van der Waals surface area contributed by atoms with Gasteiger partial charge in [-0.1, -0.05) is 0 Å². The number of methoxy groups -OCH3 is 1. The Labute approximate surface area is 109 Å². The summed E-state index contributed by atoms with van der Waals surface area (Å²) in [5, 5.41) is 3.53. The third-order valence-corrected chi connectivity index (χ3v) is 3.51. The molecule has 1 fully saturated rings. The second kappa shape index (κ2) is 6.10. The number of rotatable bonds is 5. The van der Waals surface area contributed by atoms with Crippen molar-refractivity contribution in [1.82, 2.24) is 5.32 Å². The molecule has 0 bridgehead atoms. The lowest BCUT2D eigenvalue weighted by atomic mass is 10.0. The highest BCUT2D eigenvalue weighted by Crippen LogP contribution is 2.30. The van der Waals surface area contributed by atoms with Gasteiger partial charge < -0.3 is 14.8 Å². The zero-order valence-electron chi connectivity index (χ0n) is 11.6. The molecule has 0 saturated carbocycles. The molecule has 1 aromatic rings. The molecule has 0 amide bonds. The molecule has 100 valence electrons. The van der Waals surface area contributed by atoms with Crippen LogP contribution >= 0.6 is 0 Å². The van der Waals surface area contributed by atoms with Crippen molar-refractivity contribution in [2.75, 3.05) is 20.3 Å². The lowest BCUT2D eigenvalue weighted by Crippen LogP contribution is -2.23. The van der Waals surface area contributed by atoms with E-state index < -0.39 is 0 Å². The SMILES string of the molecule is CCOc1cc(CC2CCCN2)c(OC)cc1C. The maximum absolute atomic E-state index is 5.67. The molecule has 1 heterocycles. The van der Waals surface area contributed by atoms with Gasteiger partial charge >= 0.3 is 0 Å². The average molecular weight is 249 g/mol. The van der Waals surface area contributed by atoms with E-state index in [0.29, 0.717) is 12.6 Å². The normalized spacial score (nSPS) is 18.9. The molecule has 1 unspecified atom stereocenters. The van der Waals surface area contributed by atoms with Gasteiger partial charge in [-0.25, -0.2) is 0 Å². The van der Waals surface area contributed by atoms with Gasteiger partial charge in [-0.15, -0.1) is 0 Å². The Bertz CT molecular complexity index is 398. The molecule has 18 heavy (non-hydrogen) atoms. The maximum Gasteiger partial charge on any atom is 0.122 e. The summed E-state index contributed by atoms with van der Waals surface area (Å²) in [4.78, 5) is 0. The second-order valence-corrected chi connectivity index (χ2v) is 4.86. The van der Waals surface area contributed by atoms with E-state index in [2.05, 4.69) is 24.4 Å². The molecule has 0 spiro atoms. The third-order valence-electron chi connectivity index (χ3n) is 3.51. The fourth-order valence-corrected chi connectivity index (χ4v) is 2.56. The molecule has 0 radical (unpaired) electrons. The van der Waals surface area contributed by atoms with Crippen LogP contribution < -0.4 is 14.8 Å². The first-order valence-corrected chi connectivity index (χ1v) is 6.78. The van der Waals surface area contributed by atoms with Crippen LogP contribution in [0.2, 0.25) is 0 Å². The van der Waals surface area contributed by atoms with E-state index >= 15 is 0 Å². The van der Waals surface area contributed by atoms with Gasteiger partial charge in [0, 0.05) is 6.04 Å². The number of ether oxygens (including phenoxy) is 2. The van der Waals surface area contributed by atoms with E-state index in [4.69, 9.17) is 9.47 Å². The number of benzene rings is 1. The zero-order chi connectivity index (χ0) is 13.0. The van der Waals surface area contributed by atoms with Gasteiger partial charge in [0.1, 0.15) is 11.5 Å². The monoisotopic (exact) mass is 249 g/mol. The van der Waals surface area contributed by atoms with Crippen LogP contribution in [0.5, 0.6) is 11.5 Å². The molecule has 3 heteroatoms. The number of hydrogen-bond acceptors (Lipinski definition) is 3. The molecule has 1 aliphatic heterocycles. The molecule has 1 N–H and O–H groups in total. The summed E-state index contributed by atoms with van der Waals surface area (Å²) < 4.78 is 11.2. The summed E-state index contributed by atoms with van der Waals surface area (Å²) in [6, 6.07) is 4.79. The maximum atomic E-state index is 5.67. The second-order valence-electron chi connectivity index (χ2n) is 4.86. The van der Waals surface area contributed by atoms with Crippen molar-refractivity contribution in [2.45, 2.75) is 39.2 Å². The standard InChI is InChI=1S/C15H23NO2/c1-4-18-14-10-12(9-13-6-5-7-16-13)15(17-3)8-11(14)2/h8,10,13,16H,4-7,9H2,1-3H3. The number of hydrogen-bond donors (Lipinski definition) is 1. The molecule has 0 aliphatic carbocycles. The van der Waals surface area contributed by atoms with Crippen LogP contribution in [0.1, 0.15) is 30.9 Å². The minimum absolute atomic E-state index is 0.580. The van der Waals surface area contributed by atoms with Crippen LogP contribution in [-0.4, -0.2) is 26.3 Å². The Kier molecular flexibility index (Phi) is 4.48. The lowest BCUT2D eigenvalue weighted by molar-refractivity contribution is 0.335. The van der Waals surface area contributed by atoms with E-state index in [0.717, 1.165) is 30.0 Å². The van der Waals surface area contributed by atoms with Crippen molar-refractivity contribution in [2.24, 2.45) is 0 Å². The van der Waals surface area contributed by atoms with Gasteiger partial charge in [0.2, 0.25) is 0 Å². The molecule has 2 rings (SSSR count). The number of aryl methyl sites for hydroxylation is 1. The molecular weight excluding hydrogens is 226 g/mol. The highest BCUT2D eigenvalue weighted by molar-refractivity contribution is 5.46. The summed E-state index contributed by atoms with van der Waals surface area (Å²) in [5.41, 5.74) is 2.38. The molecule has 3 nitrogen and oxygen atoms in total. The average Bonchev–Trinajstić information content (AvgIpc) is 2.86. The minimum Gasteiger partial charge on any atom is -0.496 e. The molecule has 1 aliphatic rings. The first kappa shape index (κ1) is 13.2. The Balaban J connectivity index is 2.21. The van der Waals surface area contributed by atoms with E-state index in [1.54, 1.807) is 7.11 Å². The predicted octanol–water partition coefficient (Wildman–Crippen LogP) is 2.70. The van der Waals surface area contributed by atoms with Crippen molar-refractivity contribution in [3.8, 4) is 11.5 Å². The van der Waals surface area contributed by atoms with E-state index in [1.807, 2.05) is 6.92 Å². The van der Waals surface area contributed by atoms with Crippen LogP contribution in [0.15, 0.2) is 12.1 Å². The highest BCUT2D eigenvalue weighted by Gasteiger charge is 2.18. The van der Waals surface area contributed by atoms with Crippen LogP contribution in [0, 0.1) is 6.92 Å². The largest absolute Gasteiger partial charge is 0.496 e. The highest BCUT2D eigenvalue weighted by atomic mass is 16.5. The van der Waals surface area contributed by atoms with Crippen molar-refractivity contribution in [3.05, 3.63) is 23.3 Å². The van der Waals surface area contributed by atoms with Gasteiger partial charge in [0.15, 0.2) is 0 Å². The zero-order valence-corrected chi connectivity index (χ0v) is 11.6. The lowest BCUT2D eigenvalue weighted by Gasteiger charge is -2.16. The molecule has 1 atom stereocenters. The van der Waals surface area contributed by atoms with Crippen molar-refractivity contribution >= 4 is 0 Å². The summed E-state index contributed by atoms with van der Waals surface area (Å²) in [5.74, 6) is 1.95. The summed E-state index contributed by atoms with van der Waals surface area (Å²) in [6.07, 6.45) is 3.54. The quantitative estimate of drug-likeness (QED) is 0.870. The molecule has 0 aromatic heterocycles. The Morgan fingerprint density at radius 3 is 2.78 bits per heavy atom. The molecule has 1 saturated heterocycles. The van der Waals surface area contributed by atoms with E-state index in [1.165, 1.54) is 18.4 Å². The minimum atomic E-state index is 0.580. The summed E-state index contributed by atoms with van der Waals surface area (Å²) in [6.45, 7) is 5.92.